The standard InChI is InChI=1S/C16H24N2O/c1-16(2,3)13-8-4-5-9-14(13)18-15(19)12-7-6-10-17-11-12/h4-5,8-9,12,17H,6-7,10-11H2,1-3H3,(H,18,19). The number of hydrogen-bond acceptors (Lipinski definition) is 2. The molecule has 19 heavy (non-hydrogen) atoms. The van der Waals surface area contributed by atoms with Crippen molar-refractivity contribution in [3.63, 3.8) is 0 Å². The van der Waals surface area contributed by atoms with Gasteiger partial charge in [-0.15, -0.1) is 0 Å². The monoisotopic (exact) mass is 260 g/mol. The average molecular weight is 260 g/mol. The van der Waals surface area contributed by atoms with Crippen molar-refractivity contribution < 1.29 is 4.79 Å². The highest BCUT2D eigenvalue weighted by Crippen LogP contribution is 2.29. The topological polar surface area (TPSA) is 41.1 Å². The maximum atomic E-state index is 12.3. The van der Waals surface area contributed by atoms with Crippen LogP contribution in [-0.2, 0) is 10.2 Å². The second-order valence-electron chi connectivity index (χ2n) is 6.33. The van der Waals surface area contributed by atoms with Crippen molar-refractivity contribution in [1.29, 1.82) is 0 Å². The van der Waals surface area contributed by atoms with Crippen molar-refractivity contribution in [2.24, 2.45) is 5.92 Å². The van der Waals surface area contributed by atoms with Crippen LogP contribution in [0.2, 0.25) is 0 Å². The van der Waals surface area contributed by atoms with Gasteiger partial charge in [0.15, 0.2) is 0 Å². The Balaban J connectivity index is 2.12. The number of piperidine rings is 1. The van der Waals surface area contributed by atoms with Gasteiger partial charge in [-0.05, 0) is 36.4 Å². The van der Waals surface area contributed by atoms with Gasteiger partial charge in [-0.2, -0.15) is 0 Å². The van der Waals surface area contributed by atoms with Crippen LogP contribution in [0.25, 0.3) is 0 Å². The van der Waals surface area contributed by atoms with Crippen LogP contribution in [0.5, 0.6) is 0 Å². The van der Waals surface area contributed by atoms with Crippen LogP contribution in [0.15, 0.2) is 24.3 Å². The lowest BCUT2D eigenvalue weighted by molar-refractivity contribution is -0.120. The number of rotatable bonds is 2. The van der Waals surface area contributed by atoms with Crippen LogP contribution in [0.4, 0.5) is 5.69 Å². The van der Waals surface area contributed by atoms with E-state index in [9.17, 15) is 4.79 Å². The Bertz CT molecular complexity index is 442. The highest BCUT2D eigenvalue weighted by molar-refractivity contribution is 5.93. The second-order valence-corrected chi connectivity index (χ2v) is 6.33. The first-order chi connectivity index (χ1) is 8.98. The predicted octanol–water partition coefficient (Wildman–Crippen LogP) is 2.92. The summed E-state index contributed by atoms with van der Waals surface area (Å²) in [7, 11) is 0. The molecule has 104 valence electrons. The maximum absolute atomic E-state index is 12.3. The van der Waals surface area contributed by atoms with E-state index < -0.39 is 0 Å². The second kappa shape index (κ2) is 5.74. The van der Waals surface area contributed by atoms with E-state index in [1.165, 1.54) is 5.56 Å². The summed E-state index contributed by atoms with van der Waals surface area (Å²) in [6.45, 7) is 8.33. The van der Waals surface area contributed by atoms with Crippen molar-refractivity contribution in [3.05, 3.63) is 29.8 Å². The molecular weight excluding hydrogens is 236 g/mol. The molecule has 0 radical (unpaired) electrons. The molecule has 3 heteroatoms. The first kappa shape index (κ1) is 14.1. The summed E-state index contributed by atoms with van der Waals surface area (Å²) in [6.07, 6.45) is 2.07. The zero-order valence-corrected chi connectivity index (χ0v) is 12.1. The molecule has 1 saturated heterocycles. The van der Waals surface area contributed by atoms with Gasteiger partial charge in [0.1, 0.15) is 0 Å². The quantitative estimate of drug-likeness (QED) is 0.858. The Morgan fingerprint density at radius 3 is 2.68 bits per heavy atom. The van der Waals surface area contributed by atoms with Gasteiger partial charge in [0.2, 0.25) is 5.91 Å². The van der Waals surface area contributed by atoms with E-state index in [0.717, 1.165) is 31.6 Å². The number of carbonyl (C=O) groups excluding carboxylic acids is 1. The molecule has 1 fully saturated rings. The Morgan fingerprint density at radius 1 is 1.32 bits per heavy atom. The van der Waals surface area contributed by atoms with Crippen LogP contribution < -0.4 is 10.6 Å². The molecule has 0 bridgehead atoms. The van der Waals surface area contributed by atoms with E-state index in [4.69, 9.17) is 0 Å². The smallest absolute Gasteiger partial charge is 0.228 e. The Hall–Kier alpha value is -1.35. The molecule has 2 N–H and O–H groups in total. The molecule has 1 aromatic carbocycles. The van der Waals surface area contributed by atoms with Crippen LogP contribution in [0, 0.1) is 5.92 Å². The first-order valence-electron chi connectivity index (χ1n) is 7.09. The molecule has 1 aliphatic heterocycles. The van der Waals surface area contributed by atoms with Crippen LogP contribution in [0.3, 0.4) is 0 Å². The van der Waals surface area contributed by atoms with Gasteiger partial charge < -0.3 is 10.6 Å². The molecule has 0 spiro atoms. The van der Waals surface area contributed by atoms with Gasteiger partial charge >= 0.3 is 0 Å². The van der Waals surface area contributed by atoms with E-state index >= 15 is 0 Å². The summed E-state index contributed by atoms with van der Waals surface area (Å²) < 4.78 is 0. The third-order valence-electron chi connectivity index (χ3n) is 3.66. The van der Waals surface area contributed by atoms with Crippen LogP contribution >= 0.6 is 0 Å². The van der Waals surface area contributed by atoms with E-state index in [1.54, 1.807) is 0 Å². The molecule has 1 aromatic rings. The number of carbonyl (C=O) groups is 1. The molecule has 2 rings (SSSR count). The molecule has 1 aliphatic rings. The average Bonchev–Trinajstić information content (AvgIpc) is 2.39. The highest BCUT2D eigenvalue weighted by Gasteiger charge is 2.23. The Labute approximate surface area is 115 Å². The molecule has 3 nitrogen and oxygen atoms in total. The Kier molecular flexibility index (Phi) is 4.25. The van der Waals surface area contributed by atoms with Crippen molar-refractivity contribution >= 4 is 11.6 Å². The third kappa shape index (κ3) is 3.57. The fraction of sp³-hybridized carbons (Fsp3) is 0.562. The van der Waals surface area contributed by atoms with Crippen LogP contribution in [0.1, 0.15) is 39.2 Å². The van der Waals surface area contributed by atoms with E-state index in [-0.39, 0.29) is 17.2 Å². The van der Waals surface area contributed by atoms with Gasteiger partial charge in [0.05, 0.1) is 5.92 Å². The number of amides is 1. The molecule has 1 amide bonds. The summed E-state index contributed by atoms with van der Waals surface area (Å²) in [5.41, 5.74) is 2.17. The molecule has 0 aromatic heterocycles. The number of benzene rings is 1. The minimum Gasteiger partial charge on any atom is -0.326 e. The summed E-state index contributed by atoms with van der Waals surface area (Å²) in [5, 5.41) is 6.39. The molecule has 0 aliphatic carbocycles. The summed E-state index contributed by atoms with van der Waals surface area (Å²) in [6, 6.07) is 8.09. The minimum absolute atomic E-state index is 0.0364. The minimum atomic E-state index is 0.0364. The molecule has 1 atom stereocenters. The fourth-order valence-corrected chi connectivity index (χ4v) is 2.56. The number of para-hydroxylation sites is 1. The third-order valence-corrected chi connectivity index (χ3v) is 3.66. The lowest BCUT2D eigenvalue weighted by atomic mass is 9.85. The largest absolute Gasteiger partial charge is 0.326 e. The number of nitrogens with one attached hydrogen (secondary N) is 2. The summed E-state index contributed by atoms with van der Waals surface area (Å²) in [4.78, 5) is 12.3. The van der Waals surface area contributed by atoms with Gasteiger partial charge in [0.25, 0.3) is 0 Å². The molecule has 1 heterocycles. The van der Waals surface area contributed by atoms with Gasteiger partial charge in [-0.3, -0.25) is 4.79 Å². The van der Waals surface area contributed by atoms with Gasteiger partial charge in [-0.1, -0.05) is 39.0 Å². The lowest BCUT2D eigenvalue weighted by Crippen LogP contribution is -2.37. The number of hydrogen-bond donors (Lipinski definition) is 2. The molecular formula is C16H24N2O. The van der Waals surface area contributed by atoms with Crippen molar-refractivity contribution in [3.8, 4) is 0 Å². The zero-order valence-electron chi connectivity index (χ0n) is 12.1. The summed E-state index contributed by atoms with van der Waals surface area (Å²) in [5.74, 6) is 0.241. The van der Waals surface area contributed by atoms with Gasteiger partial charge in [-0.25, -0.2) is 0 Å². The fourth-order valence-electron chi connectivity index (χ4n) is 2.56. The lowest BCUT2D eigenvalue weighted by Gasteiger charge is -2.26. The predicted molar refractivity (Wildman–Crippen MR) is 79.4 cm³/mol. The molecule has 0 saturated carbocycles. The van der Waals surface area contributed by atoms with Crippen LogP contribution in [-0.4, -0.2) is 19.0 Å². The van der Waals surface area contributed by atoms with E-state index in [2.05, 4.69) is 37.5 Å². The van der Waals surface area contributed by atoms with Crippen molar-refractivity contribution in [2.75, 3.05) is 18.4 Å². The number of anilines is 1. The maximum Gasteiger partial charge on any atom is 0.228 e. The molecule has 1 unspecified atom stereocenters. The van der Waals surface area contributed by atoms with Crippen molar-refractivity contribution in [1.82, 2.24) is 5.32 Å². The SMILES string of the molecule is CC(C)(C)c1ccccc1NC(=O)C1CCCNC1. The zero-order chi connectivity index (χ0) is 13.9. The normalized spacial score (nSPS) is 20.1. The van der Waals surface area contributed by atoms with Crippen molar-refractivity contribution in [2.45, 2.75) is 39.0 Å². The summed E-state index contributed by atoms with van der Waals surface area (Å²) >= 11 is 0. The van der Waals surface area contributed by atoms with Gasteiger partial charge in [0, 0.05) is 12.2 Å². The highest BCUT2D eigenvalue weighted by atomic mass is 16.1. The van der Waals surface area contributed by atoms with E-state index in [1.807, 2.05) is 18.2 Å². The van der Waals surface area contributed by atoms with E-state index in [0.29, 0.717) is 0 Å². The first-order valence-corrected chi connectivity index (χ1v) is 7.09. The Morgan fingerprint density at radius 2 is 2.05 bits per heavy atom.